The Balaban J connectivity index is 1.42. The van der Waals surface area contributed by atoms with Gasteiger partial charge in [-0.05, 0) is 47.5 Å². The highest BCUT2D eigenvalue weighted by Crippen LogP contribution is 2.43. The highest BCUT2D eigenvalue weighted by atomic mass is 19.3. The summed E-state index contributed by atoms with van der Waals surface area (Å²) in [5.74, 6) is -0.601. The number of urea groups is 1. The van der Waals surface area contributed by atoms with Gasteiger partial charge < -0.3 is 14.2 Å². The molecule has 186 valence electrons. The molecule has 3 aromatic carbocycles. The molecular formula is C25H19F4N3O4. The third-order valence-corrected chi connectivity index (χ3v) is 5.77. The van der Waals surface area contributed by atoms with Crippen molar-refractivity contribution in [3.63, 3.8) is 0 Å². The summed E-state index contributed by atoms with van der Waals surface area (Å²) >= 11 is 0. The summed E-state index contributed by atoms with van der Waals surface area (Å²) < 4.78 is 65.1. The zero-order valence-electron chi connectivity index (χ0n) is 18.8. The Kier molecular flexibility index (Phi) is 5.91. The number of benzene rings is 3. The first-order valence-electron chi connectivity index (χ1n) is 10.8. The van der Waals surface area contributed by atoms with Gasteiger partial charge in [0.15, 0.2) is 11.5 Å². The number of hydrazone groups is 1. The molecule has 2 aliphatic rings. The van der Waals surface area contributed by atoms with E-state index in [1.807, 2.05) is 30.3 Å². The van der Waals surface area contributed by atoms with E-state index in [-0.39, 0.29) is 29.7 Å². The first-order valence-corrected chi connectivity index (χ1v) is 10.8. The molecule has 7 nitrogen and oxygen atoms in total. The van der Waals surface area contributed by atoms with Crippen molar-refractivity contribution in [3.8, 4) is 17.2 Å². The van der Waals surface area contributed by atoms with E-state index in [0.717, 1.165) is 5.56 Å². The van der Waals surface area contributed by atoms with Crippen LogP contribution < -0.4 is 19.1 Å². The van der Waals surface area contributed by atoms with E-state index < -0.39 is 18.9 Å². The largest absolute Gasteiger partial charge is 0.586 e. The minimum atomic E-state index is -3.77. The van der Waals surface area contributed by atoms with Crippen molar-refractivity contribution < 1.29 is 36.6 Å². The van der Waals surface area contributed by atoms with Crippen LogP contribution in [0.15, 0.2) is 77.9 Å². The smallest absolute Gasteiger partial charge is 0.435 e. The standard InChI is InChI=1S/C25H19F4N3O4/c1-31(17-9-12-20-21(13-17)36-25(28,29)35-20)24(33)32-14-19(15-5-3-2-4-6-15)22(30-32)16-7-10-18(11-8-16)34-23(26)27/h2-13,19,23H,14H2,1H3. The first kappa shape index (κ1) is 23.5. The van der Waals surface area contributed by atoms with Crippen molar-refractivity contribution in [2.45, 2.75) is 18.8 Å². The second kappa shape index (κ2) is 9.06. The molecule has 2 heterocycles. The van der Waals surface area contributed by atoms with Gasteiger partial charge in [0.05, 0.1) is 12.3 Å². The van der Waals surface area contributed by atoms with Crippen LogP contribution >= 0.6 is 0 Å². The SMILES string of the molecule is CN(C(=O)N1CC(c2ccccc2)C(c2ccc(OC(F)F)cc2)=N1)c1ccc2c(c1)OC(F)(F)O2. The number of amides is 2. The van der Waals surface area contributed by atoms with Crippen LogP contribution in [0, 0.1) is 0 Å². The molecule has 1 atom stereocenters. The van der Waals surface area contributed by atoms with Crippen LogP contribution in [0.5, 0.6) is 17.2 Å². The molecule has 2 amide bonds. The molecule has 0 saturated carbocycles. The second-order valence-electron chi connectivity index (χ2n) is 8.07. The fourth-order valence-corrected chi connectivity index (χ4v) is 4.07. The van der Waals surface area contributed by atoms with Gasteiger partial charge in [0.25, 0.3) is 0 Å². The van der Waals surface area contributed by atoms with Gasteiger partial charge in [-0.25, -0.2) is 9.80 Å². The number of anilines is 1. The number of alkyl halides is 4. The van der Waals surface area contributed by atoms with Gasteiger partial charge in [0.2, 0.25) is 0 Å². The van der Waals surface area contributed by atoms with Gasteiger partial charge in [-0.15, -0.1) is 8.78 Å². The molecule has 36 heavy (non-hydrogen) atoms. The maximum atomic E-state index is 13.4. The van der Waals surface area contributed by atoms with E-state index in [4.69, 9.17) is 0 Å². The number of fused-ring (bicyclic) bond motifs is 1. The van der Waals surface area contributed by atoms with Crippen LogP contribution in [0.25, 0.3) is 0 Å². The summed E-state index contributed by atoms with van der Waals surface area (Å²) in [7, 11) is 1.49. The van der Waals surface area contributed by atoms with Crippen LogP contribution in [-0.4, -0.2) is 43.3 Å². The second-order valence-corrected chi connectivity index (χ2v) is 8.07. The molecule has 0 aliphatic carbocycles. The van der Waals surface area contributed by atoms with E-state index >= 15 is 0 Å². The molecule has 0 N–H and O–H groups in total. The quantitative estimate of drug-likeness (QED) is 0.423. The van der Waals surface area contributed by atoms with E-state index in [1.54, 1.807) is 12.1 Å². The van der Waals surface area contributed by atoms with Crippen molar-refractivity contribution in [1.82, 2.24) is 5.01 Å². The summed E-state index contributed by atoms with van der Waals surface area (Å²) in [5.41, 5.74) is 2.41. The molecular weight excluding hydrogens is 482 g/mol. The van der Waals surface area contributed by atoms with Gasteiger partial charge in [-0.2, -0.15) is 13.9 Å². The van der Waals surface area contributed by atoms with Crippen molar-refractivity contribution >= 4 is 17.4 Å². The molecule has 3 aromatic rings. The normalized spacial score (nSPS) is 17.8. The fraction of sp³-hybridized carbons (Fsp3) is 0.200. The van der Waals surface area contributed by atoms with Crippen LogP contribution in [0.2, 0.25) is 0 Å². The predicted octanol–water partition coefficient (Wildman–Crippen LogP) is 5.67. The topological polar surface area (TPSA) is 63.6 Å². The number of hydrogen-bond acceptors (Lipinski definition) is 5. The van der Waals surface area contributed by atoms with Crippen molar-refractivity contribution in [2.24, 2.45) is 5.10 Å². The Hall–Kier alpha value is -4.28. The number of halogens is 4. The molecule has 0 fully saturated rings. The van der Waals surface area contributed by atoms with Crippen LogP contribution in [0.1, 0.15) is 17.0 Å². The lowest BCUT2D eigenvalue weighted by Crippen LogP contribution is -2.37. The van der Waals surface area contributed by atoms with Crippen molar-refractivity contribution in [2.75, 3.05) is 18.5 Å². The maximum absolute atomic E-state index is 13.4. The van der Waals surface area contributed by atoms with Gasteiger partial charge in [-0.3, -0.25) is 4.90 Å². The van der Waals surface area contributed by atoms with Gasteiger partial charge in [0, 0.05) is 24.7 Å². The van der Waals surface area contributed by atoms with Crippen molar-refractivity contribution in [1.29, 1.82) is 0 Å². The van der Waals surface area contributed by atoms with Crippen LogP contribution in [0.3, 0.4) is 0 Å². The summed E-state index contributed by atoms with van der Waals surface area (Å²) in [6.45, 7) is -2.73. The zero-order valence-corrected chi connectivity index (χ0v) is 18.8. The van der Waals surface area contributed by atoms with E-state index in [2.05, 4.69) is 19.3 Å². The first-order chi connectivity index (χ1) is 17.2. The zero-order chi connectivity index (χ0) is 25.4. The molecule has 0 aromatic heterocycles. The molecule has 0 radical (unpaired) electrons. The monoisotopic (exact) mass is 501 g/mol. The molecule has 0 saturated heterocycles. The minimum Gasteiger partial charge on any atom is -0.435 e. The fourth-order valence-electron chi connectivity index (χ4n) is 4.07. The predicted molar refractivity (Wildman–Crippen MR) is 122 cm³/mol. The lowest BCUT2D eigenvalue weighted by molar-refractivity contribution is -0.286. The number of carbonyl (C=O) groups excluding carboxylic acids is 1. The Bertz CT molecular complexity index is 1300. The number of carbonyl (C=O) groups is 1. The average Bonchev–Trinajstić information content (AvgIpc) is 3.43. The minimum absolute atomic E-state index is 0.00431. The number of hydrogen-bond donors (Lipinski definition) is 0. The third-order valence-electron chi connectivity index (χ3n) is 5.77. The Morgan fingerprint density at radius 3 is 2.44 bits per heavy atom. The Morgan fingerprint density at radius 2 is 1.75 bits per heavy atom. The number of rotatable bonds is 5. The van der Waals surface area contributed by atoms with Gasteiger partial charge in [-0.1, -0.05) is 30.3 Å². The van der Waals surface area contributed by atoms with E-state index in [0.29, 0.717) is 17.0 Å². The van der Waals surface area contributed by atoms with Gasteiger partial charge in [0.1, 0.15) is 5.75 Å². The lowest BCUT2D eigenvalue weighted by atomic mass is 9.90. The van der Waals surface area contributed by atoms with Gasteiger partial charge >= 0.3 is 18.9 Å². The molecule has 11 heteroatoms. The number of nitrogens with zero attached hydrogens (tertiary/aromatic N) is 3. The van der Waals surface area contributed by atoms with Crippen LogP contribution in [-0.2, 0) is 0 Å². The molecule has 0 spiro atoms. The summed E-state index contributed by atoms with van der Waals surface area (Å²) in [6.07, 6.45) is -3.77. The van der Waals surface area contributed by atoms with Crippen molar-refractivity contribution in [3.05, 3.63) is 83.9 Å². The molecule has 0 bridgehead atoms. The highest BCUT2D eigenvalue weighted by Gasteiger charge is 2.43. The average molecular weight is 501 g/mol. The summed E-state index contributed by atoms with van der Waals surface area (Å²) in [6, 6.07) is 19.0. The molecule has 1 unspecified atom stereocenters. The maximum Gasteiger partial charge on any atom is 0.586 e. The number of ether oxygens (including phenoxy) is 3. The van der Waals surface area contributed by atoms with Crippen LogP contribution in [0.4, 0.5) is 28.0 Å². The van der Waals surface area contributed by atoms with E-state index in [9.17, 15) is 22.4 Å². The molecule has 2 aliphatic heterocycles. The Labute approximate surface area is 203 Å². The Morgan fingerprint density at radius 1 is 1.06 bits per heavy atom. The summed E-state index contributed by atoms with van der Waals surface area (Å²) in [5, 5.41) is 5.82. The summed E-state index contributed by atoms with van der Waals surface area (Å²) in [4.78, 5) is 14.6. The highest BCUT2D eigenvalue weighted by molar-refractivity contribution is 6.08. The third kappa shape index (κ3) is 4.64. The molecule has 5 rings (SSSR count). The van der Waals surface area contributed by atoms with E-state index in [1.165, 1.54) is 47.3 Å². The lowest BCUT2D eigenvalue weighted by Gasteiger charge is -2.23.